The van der Waals surface area contributed by atoms with Crippen LogP contribution in [0, 0.1) is 34.8 Å². The minimum absolute atomic E-state index is 0.102. The monoisotopic (exact) mass is 1140 g/mol. The van der Waals surface area contributed by atoms with Crippen LogP contribution in [-0.2, 0) is 61.1 Å². The van der Waals surface area contributed by atoms with Crippen LogP contribution in [0.25, 0.3) is 22.0 Å². The van der Waals surface area contributed by atoms with Crippen molar-refractivity contribution >= 4 is 66.0 Å². The zero-order valence-corrected chi connectivity index (χ0v) is 42.6. The summed E-state index contributed by atoms with van der Waals surface area (Å²) in [6.07, 6.45) is -9.86. The Bertz CT molecular complexity index is 3490. The highest BCUT2D eigenvalue weighted by Gasteiger charge is 2.68. The summed E-state index contributed by atoms with van der Waals surface area (Å²) < 4.78 is 199. The number of nitrogens with two attached hydrogens (primary N) is 1. The predicted octanol–water partition coefficient (Wildman–Crippen LogP) is 6.09. The molecule has 8 rings (SSSR count). The van der Waals surface area contributed by atoms with E-state index in [0.29, 0.717) is 17.0 Å². The fourth-order valence-corrected chi connectivity index (χ4v) is 10.6. The van der Waals surface area contributed by atoms with Crippen molar-refractivity contribution in [2.45, 2.75) is 74.8 Å². The lowest BCUT2D eigenvalue weighted by Gasteiger charge is -2.35. The summed E-state index contributed by atoms with van der Waals surface area (Å²) in [5.41, 5.74) is -0.233. The molecule has 1 unspecified atom stereocenters. The van der Waals surface area contributed by atoms with E-state index < -0.39 is 155 Å². The molecule has 2 aliphatic carbocycles. The molecule has 2 aromatic carbocycles. The van der Waals surface area contributed by atoms with Crippen LogP contribution in [-0.4, -0.2) is 125 Å². The number of amides is 2. The van der Waals surface area contributed by atoms with E-state index in [1.165, 1.54) is 29.7 Å². The molecule has 0 radical (unpaired) electrons. The molecule has 4 N–H and O–H groups in total. The van der Waals surface area contributed by atoms with Crippen molar-refractivity contribution in [3.05, 3.63) is 93.0 Å². The number of fused-ring (bicyclic) bond motifs is 4. The van der Waals surface area contributed by atoms with Crippen LogP contribution in [0.3, 0.4) is 0 Å². The molecular formula is C46H44ClF10N11O6S2. The van der Waals surface area contributed by atoms with E-state index in [-0.39, 0.29) is 69.9 Å². The zero-order valence-electron chi connectivity index (χ0n) is 40.2. The third-order valence-corrected chi connectivity index (χ3v) is 16.4. The van der Waals surface area contributed by atoms with Crippen LogP contribution in [0.2, 0.25) is 5.02 Å². The number of nitrogens with one attached hydrogen (secondary N) is 2. The van der Waals surface area contributed by atoms with Gasteiger partial charge in [-0.2, -0.15) is 49.6 Å². The standard InChI is InChI=1S/C46H44ClF10N11O6S2/c1-43(2,75(3,71)72)10-9-26-5-6-27(28-7-8-31(47)36-38(28)67(22-44(50,51)52)63-41(36)68(76(4,73)74)34(70)21-64-11-13-65(14-12-64)42(58)59)37(60-26)32(17-23-15-24(48)18-25(49)16-23)61-33(69)20-66-40-35(39(62-66)46(55,56)57)29-19-30(29)45(40,53)54/h5-8,15-16,18,29-30,32H,11-14,17,19-22H2,1-4H3,(H3,58,59)(H,61,69)/t29-,30+,32?/m0/s1. The van der Waals surface area contributed by atoms with Crippen molar-refractivity contribution in [3.8, 4) is 23.0 Å². The van der Waals surface area contributed by atoms with Gasteiger partial charge in [0, 0.05) is 61.1 Å². The van der Waals surface area contributed by atoms with E-state index in [9.17, 15) is 61.5 Å². The number of nitrogens with zero attached hydrogens (tertiary/aromatic N) is 8. The maximum absolute atomic E-state index is 15.6. The summed E-state index contributed by atoms with van der Waals surface area (Å²) in [5.74, 6) is -7.37. The number of alkyl halides is 8. The number of guanidine groups is 1. The fourth-order valence-electron chi connectivity index (χ4n) is 9.26. The number of piperazine rings is 1. The molecule has 3 atom stereocenters. The molecule has 0 bridgehead atoms. The zero-order chi connectivity index (χ0) is 56.0. The molecule has 30 heteroatoms. The summed E-state index contributed by atoms with van der Waals surface area (Å²) in [4.78, 5) is 35.9. The number of sulfone groups is 1. The minimum Gasteiger partial charge on any atom is -0.370 e. The number of carbonyl (C=O) groups excluding carboxylic acids is 2. The molecule has 1 aliphatic heterocycles. The molecule has 3 aliphatic rings. The van der Waals surface area contributed by atoms with E-state index in [0.717, 1.165) is 36.6 Å². The quantitative estimate of drug-likeness (QED) is 0.0527. The summed E-state index contributed by atoms with van der Waals surface area (Å²) in [5, 5.41) is 16.6. The first-order valence-corrected chi connectivity index (χ1v) is 26.8. The van der Waals surface area contributed by atoms with Gasteiger partial charge >= 0.3 is 12.4 Å². The Morgan fingerprint density at radius 2 is 1.57 bits per heavy atom. The lowest BCUT2D eigenvalue weighted by Crippen LogP contribution is -2.53. The second-order valence-corrected chi connectivity index (χ2v) is 23.9. The Morgan fingerprint density at radius 1 is 0.934 bits per heavy atom. The smallest absolute Gasteiger partial charge is 0.370 e. The van der Waals surface area contributed by atoms with E-state index in [1.807, 2.05) is 0 Å². The maximum atomic E-state index is 15.6. The van der Waals surface area contributed by atoms with Gasteiger partial charge in [0.1, 0.15) is 40.9 Å². The molecule has 17 nitrogen and oxygen atoms in total. The van der Waals surface area contributed by atoms with Crippen LogP contribution < -0.4 is 15.4 Å². The van der Waals surface area contributed by atoms with E-state index in [1.54, 1.807) is 0 Å². The minimum atomic E-state index is -5.23. The molecule has 1 saturated carbocycles. The maximum Gasteiger partial charge on any atom is 0.435 e. The summed E-state index contributed by atoms with van der Waals surface area (Å²) in [6.45, 7) is -0.888. The van der Waals surface area contributed by atoms with Crippen LogP contribution in [0.15, 0.2) is 42.5 Å². The van der Waals surface area contributed by atoms with Gasteiger partial charge in [0.2, 0.25) is 15.9 Å². The number of hydrogen-bond donors (Lipinski definition) is 3. The predicted molar refractivity (Wildman–Crippen MR) is 255 cm³/mol. The van der Waals surface area contributed by atoms with Gasteiger partial charge in [0.05, 0.1) is 40.5 Å². The number of aromatic nitrogens is 5. The Hall–Kier alpha value is -6.51. The molecule has 1 saturated heterocycles. The van der Waals surface area contributed by atoms with Gasteiger partial charge in [-0.3, -0.25) is 29.3 Å². The lowest BCUT2D eigenvalue weighted by molar-refractivity contribution is -0.143. The number of sulfonamides is 1. The van der Waals surface area contributed by atoms with Crippen molar-refractivity contribution < 1.29 is 70.3 Å². The molecule has 408 valence electrons. The van der Waals surface area contributed by atoms with E-state index in [4.69, 9.17) is 22.7 Å². The molecule has 2 fully saturated rings. The van der Waals surface area contributed by atoms with Gasteiger partial charge in [-0.1, -0.05) is 23.6 Å². The molecule has 3 aromatic heterocycles. The summed E-state index contributed by atoms with van der Waals surface area (Å²) in [7, 11) is -8.70. The molecule has 0 spiro atoms. The second kappa shape index (κ2) is 19.5. The first-order valence-electron chi connectivity index (χ1n) is 22.7. The van der Waals surface area contributed by atoms with Crippen molar-refractivity contribution in [3.63, 3.8) is 0 Å². The number of pyridine rings is 1. The lowest BCUT2D eigenvalue weighted by atomic mass is 9.93. The highest BCUT2D eigenvalue weighted by molar-refractivity contribution is 7.93. The SMILES string of the molecule is CC(C)(C#Cc1ccc(-c2ccc(Cl)c3c(N(C(=O)CN4CCN(C(=N)N)CC4)S(C)(=O)=O)nn(CC(F)(F)F)c23)c(C(Cc2cc(F)cc(F)c2)NC(=O)Cn2nc(C(F)(F)F)c3c2C(F)(F)[C@@H]2C[C@H]32)n1)S(C)(=O)=O. The van der Waals surface area contributed by atoms with Crippen LogP contribution in [0.1, 0.15) is 66.1 Å². The summed E-state index contributed by atoms with van der Waals surface area (Å²) in [6, 6.07) is 4.87. The number of benzene rings is 2. The van der Waals surface area contributed by atoms with Gasteiger partial charge in [-0.25, -0.2) is 30.6 Å². The number of hydrogen-bond acceptors (Lipinski definition) is 11. The summed E-state index contributed by atoms with van der Waals surface area (Å²) >= 11 is 6.72. The fraction of sp³-hybridized carbons (Fsp3) is 0.435. The Labute approximate surface area is 431 Å². The van der Waals surface area contributed by atoms with Crippen molar-refractivity contribution in [1.29, 1.82) is 5.41 Å². The molecule has 5 aromatic rings. The highest BCUT2D eigenvalue weighted by Crippen LogP contribution is 2.68. The number of anilines is 1. The Balaban J connectivity index is 1.33. The van der Waals surface area contributed by atoms with Gasteiger partial charge < -0.3 is 16.0 Å². The van der Waals surface area contributed by atoms with Crippen molar-refractivity contribution in [1.82, 2.24) is 39.7 Å². The van der Waals surface area contributed by atoms with Crippen LogP contribution in [0.4, 0.5) is 49.7 Å². The first-order chi connectivity index (χ1) is 35.1. The highest BCUT2D eigenvalue weighted by atomic mass is 35.5. The van der Waals surface area contributed by atoms with Crippen molar-refractivity contribution in [2.24, 2.45) is 11.7 Å². The topological polar surface area (TPSA) is 223 Å². The number of halogens is 11. The third kappa shape index (κ3) is 11.2. The normalized spacial score (nSPS) is 18.2. The molecule has 76 heavy (non-hydrogen) atoms. The third-order valence-electron chi connectivity index (χ3n) is 13.1. The van der Waals surface area contributed by atoms with Gasteiger partial charge in [-0.05, 0) is 74.4 Å². The van der Waals surface area contributed by atoms with Gasteiger partial charge in [-0.15, -0.1) is 0 Å². The largest absolute Gasteiger partial charge is 0.435 e. The second-order valence-electron chi connectivity index (χ2n) is 19.1. The van der Waals surface area contributed by atoms with Crippen LogP contribution in [0.5, 0.6) is 0 Å². The van der Waals surface area contributed by atoms with Gasteiger partial charge in [0.15, 0.2) is 27.3 Å². The average molecular weight is 1140 g/mol. The molecule has 4 heterocycles. The average Bonchev–Trinajstić information content (AvgIpc) is 3.83. The molecule has 2 amide bonds. The van der Waals surface area contributed by atoms with Crippen LogP contribution >= 0.6 is 11.6 Å². The number of rotatable bonds is 13. The van der Waals surface area contributed by atoms with E-state index >= 15 is 8.78 Å². The van der Waals surface area contributed by atoms with Gasteiger partial charge in [0.25, 0.3) is 11.8 Å². The molecular weight excluding hydrogens is 1090 g/mol. The number of carbonyl (C=O) groups is 2. The van der Waals surface area contributed by atoms with E-state index in [2.05, 4.69) is 32.3 Å². The van der Waals surface area contributed by atoms with Crippen molar-refractivity contribution in [2.75, 3.05) is 49.5 Å². The Kier molecular flexibility index (Phi) is 14.3. The first kappa shape index (κ1) is 55.7. The Morgan fingerprint density at radius 3 is 2.14 bits per heavy atom.